The van der Waals surface area contributed by atoms with E-state index in [0.29, 0.717) is 12.4 Å². The topological polar surface area (TPSA) is 37.9 Å². The molecule has 0 bridgehead atoms. The molecule has 1 aromatic carbocycles. The highest BCUT2D eigenvalue weighted by Gasteiger charge is 1.97. The summed E-state index contributed by atoms with van der Waals surface area (Å²) in [5.41, 5.74) is 0. The lowest BCUT2D eigenvalue weighted by Gasteiger charge is -2.04. The first-order valence-electron chi connectivity index (χ1n) is 5.21. The number of nitrogens with zero attached hydrogens (tertiary/aromatic N) is 1. The maximum absolute atomic E-state index is 12.6. The minimum atomic E-state index is -0.247. The van der Waals surface area contributed by atoms with E-state index in [2.05, 4.69) is 9.97 Å². The van der Waals surface area contributed by atoms with Crippen molar-refractivity contribution in [2.75, 3.05) is 6.61 Å². The average molecular weight is 220 g/mol. The first-order valence-corrected chi connectivity index (χ1v) is 5.21. The molecule has 0 aliphatic rings. The van der Waals surface area contributed by atoms with E-state index in [0.717, 1.165) is 18.7 Å². The normalized spacial score (nSPS) is 10.3. The van der Waals surface area contributed by atoms with Gasteiger partial charge in [0.2, 0.25) is 0 Å². The number of rotatable bonds is 5. The fourth-order valence-electron chi connectivity index (χ4n) is 1.40. The third kappa shape index (κ3) is 3.08. The first kappa shape index (κ1) is 10.7. The van der Waals surface area contributed by atoms with Gasteiger partial charge in [0.1, 0.15) is 17.4 Å². The van der Waals surface area contributed by atoms with E-state index in [1.165, 1.54) is 12.1 Å². The summed E-state index contributed by atoms with van der Waals surface area (Å²) in [6.07, 6.45) is 5.27. The summed E-state index contributed by atoms with van der Waals surface area (Å²) in [6, 6.07) is 6.04. The lowest BCUT2D eigenvalue weighted by molar-refractivity contribution is 0.309. The van der Waals surface area contributed by atoms with Crippen LogP contribution in [-0.2, 0) is 6.42 Å². The molecule has 0 aliphatic carbocycles. The molecule has 0 saturated carbocycles. The molecular weight excluding hydrogens is 207 g/mol. The molecule has 0 unspecified atom stereocenters. The molecule has 0 fully saturated rings. The number of imidazole rings is 1. The fourth-order valence-corrected chi connectivity index (χ4v) is 1.40. The van der Waals surface area contributed by atoms with Crippen LogP contribution in [0.3, 0.4) is 0 Å². The second-order valence-electron chi connectivity index (χ2n) is 3.44. The highest BCUT2D eigenvalue weighted by molar-refractivity contribution is 5.21. The zero-order valence-electron chi connectivity index (χ0n) is 8.82. The minimum absolute atomic E-state index is 0.247. The third-order valence-corrected chi connectivity index (χ3v) is 2.20. The Morgan fingerprint density at radius 2 is 2.06 bits per heavy atom. The Kier molecular flexibility index (Phi) is 3.53. The van der Waals surface area contributed by atoms with Gasteiger partial charge in [-0.15, -0.1) is 0 Å². The molecule has 2 aromatic rings. The average Bonchev–Trinajstić information content (AvgIpc) is 2.80. The predicted molar refractivity (Wildman–Crippen MR) is 58.8 cm³/mol. The van der Waals surface area contributed by atoms with E-state index in [9.17, 15) is 4.39 Å². The van der Waals surface area contributed by atoms with Crippen molar-refractivity contribution in [1.82, 2.24) is 9.97 Å². The van der Waals surface area contributed by atoms with Crippen molar-refractivity contribution >= 4 is 0 Å². The van der Waals surface area contributed by atoms with Crippen LogP contribution < -0.4 is 4.74 Å². The fraction of sp³-hybridized carbons (Fsp3) is 0.250. The lowest BCUT2D eigenvalue weighted by atomic mass is 10.3. The number of aromatic amines is 1. The van der Waals surface area contributed by atoms with Crippen molar-refractivity contribution in [3.05, 3.63) is 48.3 Å². The highest BCUT2D eigenvalue weighted by atomic mass is 19.1. The standard InChI is InChI=1S/C12H13FN2O/c13-10-3-5-11(6-4-10)16-9-1-2-12-14-7-8-15-12/h3-8H,1-2,9H2,(H,14,15). The number of aryl methyl sites for hydroxylation is 1. The summed E-state index contributed by atoms with van der Waals surface area (Å²) < 4.78 is 18.0. The van der Waals surface area contributed by atoms with Crippen molar-refractivity contribution < 1.29 is 9.13 Å². The van der Waals surface area contributed by atoms with E-state index in [1.54, 1.807) is 24.5 Å². The van der Waals surface area contributed by atoms with Crippen molar-refractivity contribution in [1.29, 1.82) is 0 Å². The van der Waals surface area contributed by atoms with E-state index in [1.807, 2.05) is 0 Å². The van der Waals surface area contributed by atoms with Crippen molar-refractivity contribution in [2.45, 2.75) is 12.8 Å². The molecule has 1 heterocycles. The molecule has 2 rings (SSSR count). The Morgan fingerprint density at radius 3 is 2.75 bits per heavy atom. The van der Waals surface area contributed by atoms with Gasteiger partial charge in [-0.1, -0.05) is 0 Å². The van der Waals surface area contributed by atoms with E-state index >= 15 is 0 Å². The molecule has 3 nitrogen and oxygen atoms in total. The molecule has 4 heteroatoms. The van der Waals surface area contributed by atoms with Crippen LogP contribution in [0.4, 0.5) is 4.39 Å². The molecule has 0 radical (unpaired) electrons. The number of hydrogen-bond acceptors (Lipinski definition) is 2. The number of halogens is 1. The summed E-state index contributed by atoms with van der Waals surface area (Å²) in [5, 5.41) is 0. The van der Waals surface area contributed by atoms with Gasteiger partial charge in [-0.05, 0) is 30.7 Å². The number of ether oxygens (including phenoxy) is 1. The molecule has 16 heavy (non-hydrogen) atoms. The van der Waals surface area contributed by atoms with E-state index < -0.39 is 0 Å². The largest absolute Gasteiger partial charge is 0.494 e. The van der Waals surface area contributed by atoms with Gasteiger partial charge in [0, 0.05) is 18.8 Å². The summed E-state index contributed by atoms with van der Waals surface area (Å²) in [4.78, 5) is 7.14. The van der Waals surface area contributed by atoms with Gasteiger partial charge in [0.15, 0.2) is 0 Å². The van der Waals surface area contributed by atoms with Crippen LogP contribution in [-0.4, -0.2) is 16.6 Å². The molecule has 0 aliphatic heterocycles. The van der Waals surface area contributed by atoms with Crippen LogP contribution in [0.2, 0.25) is 0 Å². The zero-order valence-corrected chi connectivity index (χ0v) is 8.82. The SMILES string of the molecule is Fc1ccc(OCCCc2ncc[nH]2)cc1. The Bertz CT molecular complexity index is 411. The smallest absolute Gasteiger partial charge is 0.123 e. The van der Waals surface area contributed by atoms with Crippen LogP contribution >= 0.6 is 0 Å². The number of nitrogens with one attached hydrogen (secondary N) is 1. The molecule has 0 spiro atoms. The molecular formula is C12H13FN2O. The van der Waals surface area contributed by atoms with Crippen molar-refractivity contribution in [3.8, 4) is 5.75 Å². The second kappa shape index (κ2) is 5.30. The molecule has 1 aromatic heterocycles. The number of H-pyrrole nitrogens is 1. The summed E-state index contributed by atoms with van der Waals surface area (Å²) in [7, 11) is 0. The maximum Gasteiger partial charge on any atom is 0.123 e. The van der Waals surface area contributed by atoms with Crippen LogP contribution in [0.1, 0.15) is 12.2 Å². The maximum atomic E-state index is 12.6. The molecule has 0 amide bonds. The van der Waals surface area contributed by atoms with Crippen LogP contribution in [0.5, 0.6) is 5.75 Å². The zero-order chi connectivity index (χ0) is 11.2. The first-order chi connectivity index (χ1) is 7.84. The van der Waals surface area contributed by atoms with Gasteiger partial charge >= 0.3 is 0 Å². The van der Waals surface area contributed by atoms with E-state index in [-0.39, 0.29) is 5.82 Å². The van der Waals surface area contributed by atoms with Gasteiger partial charge in [0.25, 0.3) is 0 Å². The predicted octanol–water partition coefficient (Wildman–Crippen LogP) is 2.56. The van der Waals surface area contributed by atoms with Gasteiger partial charge < -0.3 is 9.72 Å². The Labute approximate surface area is 93.3 Å². The van der Waals surface area contributed by atoms with Crippen LogP contribution in [0.15, 0.2) is 36.7 Å². The summed E-state index contributed by atoms with van der Waals surface area (Å²) in [5.74, 6) is 1.41. The number of hydrogen-bond donors (Lipinski definition) is 1. The minimum Gasteiger partial charge on any atom is -0.494 e. The Morgan fingerprint density at radius 1 is 1.25 bits per heavy atom. The van der Waals surface area contributed by atoms with Crippen molar-refractivity contribution in [3.63, 3.8) is 0 Å². The molecule has 0 atom stereocenters. The monoisotopic (exact) mass is 220 g/mol. The number of benzene rings is 1. The van der Waals surface area contributed by atoms with E-state index in [4.69, 9.17) is 4.74 Å². The Hall–Kier alpha value is -1.84. The van der Waals surface area contributed by atoms with Gasteiger partial charge in [0.05, 0.1) is 6.61 Å². The molecule has 84 valence electrons. The Balaban J connectivity index is 1.70. The van der Waals surface area contributed by atoms with Crippen LogP contribution in [0.25, 0.3) is 0 Å². The molecule has 0 saturated heterocycles. The van der Waals surface area contributed by atoms with Gasteiger partial charge in [-0.2, -0.15) is 0 Å². The van der Waals surface area contributed by atoms with Crippen LogP contribution in [0, 0.1) is 5.82 Å². The second-order valence-corrected chi connectivity index (χ2v) is 3.44. The number of aromatic nitrogens is 2. The molecule has 1 N–H and O–H groups in total. The van der Waals surface area contributed by atoms with Crippen molar-refractivity contribution in [2.24, 2.45) is 0 Å². The van der Waals surface area contributed by atoms with Gasteiger partial charge in [-0.25, -0.2) is 9.37 Å². The highest BCUT2D eigenvalue weighted by Crippen LogP contribution is 2.11. The summed E-state index contributed by atoms with van der Waals surface area (Å²) >= 11 is 0. The third-order valence-electron chi connectivity index (χ3n) is 2.20. The van der Waals surface area contributed by atoms with Gasteiger partial charge in [-0.3, -0.25) is 0 Å². The lowest BCUT2D eigenvalue weighted by Crippen LogP contribution is -2.00. The quantitative estimate of drug-likeness (QED) is 0.786. The summed E-state index contributed by atoms with van der Waals surface area (Å²) in [6.45, 7) is 0.604.